The van der Waals surface area contributed by atoms with Crippen LogP contribution in [0.5, 0.6) is 0 Å². The number of para-hydroxylation sites is 1. The molecule has 0 bridgehead atoms. The third-order valence-corrected chi connectivity index (χ3v) is 13.1. The van der Waals surface area contributed by atoms with Crippen molar-refractivity contribution in [3.63, 3.8) is 0 Å². The van der Waals surface area contributed by atoms with Crippen LogP contribution in [0.15, 0.2) is 59.5 Å². The van der Waals surface area contributed by atoms with E-state index in [9.17, 15) is 24.0 Å². The van der Waals surface area contributed by atoms with Gasteiger partial charge in [0.1, 0.15) is 6.04 Å². The van der Waals surface area contributed by atoms with Crippen molar-refractivity contribution in [3.05, 3.63) is 93.7 Å². The average Bonchev–Trinajstić information content (AvgIpc) is 3.74. The maximum atomic E-state index is 14.0. The lowest BCUT2D eigenvalue weighted by molar-refractivity contribution is -0.137. The number of piperidine rings is 1. The van der Waals surface area contributed by atoms with Crippen molar-refractivity contribution < 1.29 is 24.0 Å². The molecular weight excluding hydrogens is 699 g/mol. The first-order valence-corrected chi connectivity index (χ1v) is 20.3. The summed E-state index contributed by atoms with van der Waals surface area (Å²) in [7, 11) is 0. The highest BCUT2D eigenvalue weighted by Gasteiger charge is 2.42. The molecule has 1 aliphatic carbocycles. The van der Waals surface area contributed by atoms with E-state index in [-0.39, 0.29) is 35.3 Å². The van der Waals surface area contributed by atoms with E-state index >= 15 is 0 Å². The molecule has 4 aliphatic rings. The number of rotatable bonds is 10. The number of hydrogen-bond acceptors (Lipinski definition) is 7. The lowest BCUT2D eigenvalue weighted by Crippen LogP contribution is -2.52. The number of benzene rings is 3. The summed E-state index contributed by atoms with van der Waals surface area (Å²) >= 11 is 1.72. The first-order valence-electron chi connectivity index (χ1n) is 19.3. The lowest BCUT2D eigenvalue weighted by atomic mass is 9.70. The number of hydrogen-bond donors (Lipinski definition) is 2. The van der Waals surface area contributed by atoms with E-state index in [0.717, 1.165) is 93.8 Å². The summed E-state index contributed by atoms with van der Waals surface area (Å²) in [4.78, 5) is 75.1. The van der Waals surface area contributed by atoms with Gasteiger partial charge in [-0.3, -0.25) is 29.3 Å². The third kappa shape index (κ3) is 6.29. The van der Waals surface area contributed by atoms with E-state index in [1.165, 1.54) is 5.69 Å². The van der Waals surface area contributed by atoms with E-state index in [1.54, 1.807) is 16.7 Å². The van der Waals surface area contributed by atoms with Crippen molar-refractivity contribution in [2.24, 2.45) is 0 Å². The molecule has 8 rings (SSSR count). The zero-order valence-electron chi connectivity index (χ0n) is 31.3. The number of imide groups is 1. The number of anilines is 1. The fraction of sp³-hybridized carbons (Fsp3) is 0.419. The van der Waals surface area contributed by atoms with E-state index in [0.29, 0.717) is 38.0 Å². The monoisotopic (exact) mass is 745 g/mol. The molecule has 4 heterocycles. The summed E-state index contributed by atoms with van der Waals surface area (Å²) in [6.07, 6.45) is 4.67. The molecule has 280 valence electrons. The van der Waals surface area contributed by atoms with Gasteiger partial charge in [-0.1, -0.05) is 51.5 Å². The Morgan fingerprint density at radius 2 is 1.72 bits per heavy atom. The van der Waals surface area contributed by atoms with Crippen LogP contribution >= 0.6 is 11.8 Å². The molecule has 1 aromatic heterocycles. The quantitative estimate of drug-likeness (QED) is 0.110. The molecule has 0 radical (unpaired) electrons. The summed E-state index contributed by atoms with van der Waals surface area (Å²) in [5, 5.41) is 3.35. The summed E-state index contributed by atoms with van der Waals surface area (Å²) in [5.41, 5.74) is 8.15. The van der Waals surface area contributed by atoms with Crippen LogP contribution in [0.3, 0.4) is 0 Å². The molecule has 0 saturated carbocycles. The van der Waals surface area contributed by atoms with Gasteiger partial charge in [-0.2, -0.15) is 0 Å². The number of piperazine rings is 1. The Balaban J connectivity index is 0.828. The Bertz CT molecular complexity index is 2200. The number of carbonyl (C=O) groups excluding carboxylic acids is 5. The molecule has 0 spiro atoms. The Kier molecular flexibility index (Phi) is 9.62. The van der Waals surface area contributed by atoms with Gasteiger partial charge >= 0.3 is 0 Å². The normalized spacial score (nSPS) is 19.2. The SMILES string of the molecule is CCc1cc2c(cc1N1CCN(C(=O)CCCCCSc3cccc4c3CN(C3CCC(=O)NC3=O)C4=O)CC1)C(C)(C)c1[nH]c3ccccc3c1C2=O. The minimum absolute atomic E-state index is 0.0884. The van der Waals surface area contributed by atoms with Crippen molar-refractivity contribution in [1.29, 1.82) is 0 Å². The number of H-pyrrole nitrogens is 1. The van der Waals surface area contributed by atoms with Crippen LogP contribution in [0.4, 0.5) is 5.69 Å². The average molecular weight is 746 g/mol. The number of aromatic amines is 1. The Hall–Kier alpha value is -4.90. The molecule has 2 saturated heterocycles. The Labute approximate surface area is 320 Å². The first-order chi connectivity index (χ1) is 26.1. The van der Waals surface area contributed by atoms with Gasteiger partial charge in [0, 0.05) is 89.3 Å². The largest absolute Gasteiger partial charge is 0.368 e. The second-order valence-corrected chi connectivity index (χ2v) is 16.6. The highest BCUT2D eigenvalue weighted by Crippen LogP contribution is 2.46. The van der Waals surface area contributed by atoms with E-state index < -0.39 is 11.9 Å². The van der Waals surface area contributed by atoms with Crippen molar-refractivity contribution >= 4 is 57.8 Å². The van der Waals surface area contributed by atoms with Crippen LogP contribution in [0.2, 0.25) is 0 Å². The highest BCUT2D eigenvalue weighted by molar-refractivity contribution is 7.99. The van der Waals surface area contributed by atoms with E-state index in [4.69, 9.17) is 0 Å². The number of amides is 4. The van der Waals surface area contributed by atoms with Crippen molar-refractivity contribution in [1.82, 2.24) is 20.1 Å². The van der Waals surface area contributed by atoms with Crippen LogP contribution in [0, 0.1) is 0 Å². The predicted octanol–water partition coefficient (Wildman–Crippen LogP) is 6.36. The number of carbonyl (C=O) groups is 5. The molecule has 2 fully saturated rings. The predicted molar refractivity (Wildman–Crippen MR) is 210 cm³/mol. The summed E-state index contributed by atoms with van der Waals surface area (Å²) in [6, 6.07) is 17.5. The topological polar surface area (TPSA) is 123 Å². The standard InChI is InChI=1S/C43H47N5O5S/c1-4-26-23-29-31(43(2,3)40-38(39(29)51)28-11-7-8-13-32(28)44-40)24-34(26)46-18-20-47(21-19-46)37(50)15-6-5-9-22-54-35-14-10-12-27-30(35)25-48(42(27)53)33-16-17-36(49)45-41(33)52/h7-8,10-14,23-24,33,44H,4-6,9,15-22,25H2,1-3H3,(H,45,49,52). The molecule has 3 aromatic carbocycles. The molecule has 4 amide bonds. The van der Waals surface area contributed by atoms with Crippen molar-refractivity contribution in [2.45, 2.75) is 88.6 Å². The number of thioether (sulfide) groups is 1. The van der Waals surface area contributed by atoms with Crippen molar-refractivity contribution in [3.8, 4) is 0 Å². The minimum Gasteiger partial charge on any atom is -0.368 e. The third-order valence-electron chi connectivity index (χ3n) is 11.9. The number of ketones is 1. The molecule has 11 heteroatoms. The summed E-state index contributed by atoms with van der Waals surface area (Å²) in [6.45, 7) is 9.78. The van der Waals surface area contributed by atoms with Crippen LogP contribution in [0.1, 0.15) is 108 Å². The highest BCUT2D eigenvalue weighted by atomic mass is 32.2. The lowest BCUT2D eigenvalue weighted by Gasteiger charge is -2.39. The fourth-order valence-electron chi connectivity index (χ4n) is 8.82. The minimum atomic E-state index is -0.617. The number of aryl methyl sites for hydroxylation is 1. The number of fused-ring (bicyclic) bond motifs is 5. The molecular formula is C43H47N5O5S. The number of nitrogens with one attached hydrogen (secondary N) is 2. The van der Waals surface area contributed by atoms with Gasteiger partial charge in [-0.15, -0.1) is 11.8 Å². The van der Waals surface area contributed by atoms with E-state index in [1.807, 2.05) is 47.4 Å². The van der Waals surface area contributed by atoms with Crippen LogP contribution in [-0.2, 0) is 32.8 Å². The van der Waals surface area contributed by atoms with Gasteiger partial charge in [0.2, 0.25) is 17.7 Å². The molecule has 4 aromatic rings. The number of nitrogens with zero attached hydrogens (tertiary/aromatic N) is 3. The van der Waals surface area contributed by atoms with Gasteiger partial charge in [-0.05, 0) is 78.5 Å². The maximum absolute atomic E-state index is 14.0. The summed E-state index contributed by atoms with van der Waals surface area (Å²) < 4.78 is 0. The molecule has 1 unspecified atom stereocenters. The maximum Gasteiger partial charge on any atom is 0.255 e. The fourth-order valence-corrected chi connectivity index (χ4v) is 9.91. The van der Waals surface area contributed by atoms with Gasteiger partial charge in [0.05, 0.1) is 5.56 Å². The van der Waals surface area contributed by atoms with E-state index in [2.05, 4.69) is 48.1 Å². The zero-order valence-corrected chi connectivity index (χ0v) is 32.1. The zero-order chi connectivity index (χ0) is 37.7. The molecule has 2 N–H and O–H groups in total. The smallest absolute Gasteiger partial charge is 0.255 e. The Morgan fingerprint density at radius 1 is 0.926 bits per heavy atom. The second kappa shape index (κ2) is 14.4. The number of unbranched alkanes of at least 4 members (excludes halogenated alkanes) is 2. The first kappa shape index (κ1) is 36.1. The molecule has 54 heavy (non-hydrogen) atoms. The number of aromatic nitrogens is 1. The molecule has 1 atom stereocenters. The van der Waals surface area contributed by atoms with Gasteiger partial charge in [0.25, 0.3) is 5.91 Å². The van der Waals surface area contributed by atoms with Crippen LogP contribution in [-0.4, -0.2) is 82.2 Å². The van der Waals surface area contributed by atoms with Crippen LogP contribution < -0.4 is 10.2 Å². The van der Waals surface area contributed by atoms with Gasteiger partial charge in [0.15, 0.2) is 5.78 Å². The van der Waals surface area contributed by atoms with Crippen molar-refractivity contribution in [2.75, 3.05) is 36.8 Å². The molecule has 3 aliphatic heterocycles. The summed E-state index contributed by atoms with van der Waals surface area (Å²) in [5.74, 6) is 0.328. The van der Waals surface area contributed by atoms with Gasteiger partial charge in [-0.25, -0.2) is 0 Å². The molecule has 10 nitrogen and oxygen atoms in total. The van der Waals surface area contributed by atoms with Crippen LogP contribution in [0.25, 0.3) is 10.9 Å². The second-order valence-electron chi connectivity index (χ2n) is 15.5. The Morgan fingerprint density at radius 3 is 2.50 bits per heavy atom. The van der Waals surface area contributed by atoms with Gasteiger partial charge < -0.3 is 19.7 Å².